The van der Waals surface area contributed by atoms with Crippen LogP contribution in [-0.2, 0) is 4.79 Å². The molecule has 0 bridgehead atoms. The van der Waals surface area contributed by atoms with Crippen LogP contribution in [0.2, 0.25) is 0 Å². The van der Waals surface area contributed by atoms with Crippen LogP contribution in [0.25, 0.3) is 11.5 Å². The second-order valence-electron chi connectivity index (χ2n) is 6.66. The highest BCUT2D eigenvalue weighted by Gasteiger charge is 2.21. The Morgan fingerprint density at radius 3 is 2.62 bits per heavy atom. The molecule has 154 valence electrons. The number of amides is 2. The lowest BCUT2D eigenvalue weighted by atomic mass is 10.2. The number of hydrogen-bond donors (Lipinski definition) is 1. The Kier molecular flexibility index (Phi) is 6.70. The number of carbonyl (C=O) groups is 2. The molecule has 11 heteroatoms. The Bertz CT molecular complexity index is 957. The summed E-state index contributed by atoms with van der Waals surface area (Å²) >= 11 is 2.49. The van der Waals surface area contributed by atoms with Crippen LogP contribution in [0.4, 0.5) is 5.13 Å². The topological polar surface area (TPSA) is 114 Å². The summed E-state index contributed by atoms with van der Waals surface area (Å²) in [5, 5.41) is 14.6. The Hall–Kier alpha value is -2.66. The van der Waals surface area contributed by atoms with E-state index in [4.69, 9.17) is 8.94 Å². The molecule has 0 fully saturated rings. The summed E-state index contributed by atoms with van der Waals surface area (Å²) in [6, 6.07) is 5.15. The average Bonchev–Trinajstić information content (AvgIpc) is 3.40. The molecule has 0 aliphatic heterocycles. The molecular formula is C18H21N5O4S2. The molecule has 3 aromatic heterocycles. The minimum Gasteiger partial charge on any atom is -0.461 e. The van der Waals surface area contributed by atoms with Crippen molar-refractivity contribution < 1.29 is 18.5 Å². The number of thioether (sulfide) groups is 1. The number of nitrogens with one attached hydrogen (secondary N) is 1. The summed E-state index contributed by atoms with van der Waals surface area (Å²) in [7, 11) is 0. The third kappa shape index (κ3) is 5.24. The molecule has 0 spiro atoms. The number of furan rings is 1. The van der Waals surface area contributed by atoms with Gasteiger partial charge in [-0.05, 0) is 39.8 Å². The maximum atomic E-state index is 12.4. The molecule has 0 radical (unpaired) electrons. The fraction of sp³-hybridized carbons (Fsp3) is 0.389. The molecule has 0 saturated carbocycles. The molecule has 3 rings (SSSR count). The van der Waals surface area contributed by atoms with Crippen LogP contribution in [0, 0.1) is 0 Å². The van der Waals surface area contributed by atoms with E-state index in [9.17, 15) is 9.59 Å². The van der Waals surface area contributed by atoms with Gasteiger partial charge in [-0.2, -0.15) is 0 Å². The normalized spacial score (nSPS) is 11.2. The molecule has 29 heavy (non-hydrogen) atoms. The first-order chi connectivity index (χ1) is 13.8. The van der Waals surface area contributed by atoms with Crippen molar-refractivity contribution >= 4 is 40.0 Å². The van der Waals surface area contributed by atoms with Crippen LogP contribution in [0.1, 0.15) is 38.2 Å². The smallest absolute Gasteiger partial charge is 0.279 e. The summed E-state index contributed by atoms with van der Waals surface area (Å²) in [6.45, 7) is 7.95. The SMILES string of the molecule is CC(C)N(C(=O)CSc1nnc(NC(=O)c2cc(-c3ccco3)on2)s1)C(C)C. The molecule has 3 aromatic rings. The first kappa shape index (κ1) is 21.1. The van der Waals surface area contributed by atoms with Crippen LogP contribution in [0.3, 0.4) is 0 Å². The number of rotatable bonds is 8. The van der Waals surface area contributed by atoms with Gasteiger partial charge in [-0.15, -0.1) is 10.2 Å². The fourth-order valence-corrected chi connectivity index (χ4v) is 4.38. The number of hydrogen-bond acceptors (Lipinski definition) is 9. The van der Waals surface area contributed by atoms with Gasteiger partial charge in [0.05, 0.1) is 12.0 Å². The number of anilines is 1. The van der Waals surface area contributed by atoms with Gasteiger partial charge in [0.2, 0.25) is 16.8 Å². The van der Waals surface area contributed by atoms with Crippen molar-refractivity contribution in [3.63, 3.8) is 0 Å². The van der Waals surface area contributed by atoms with E-state index < -0.39 is 5.91 Å². The standard InChI is InChI=1S/C18H21N5O4S2/c1-10(2)23(11(3)4)15(24)9-28-18-21-20-17(29-18)19-16(25)12-8-14(27-22-12)13-6-5-7-26-13/h5-8,10-11H,9H2,1-4H3,(H,19,20,25). The van der Waals surface area contributed by atoms with Gasteiger partial charge in [-0.1, -0.05) is 28.3 Å². The monoisotopic (exact) mass is 435 g/mol. The molecule has 0 aromatic carbocycles. The van der Waals surface area contributed by atoms with Crippen LogP contribution >= 0.6 is 23.1 Å². The van der Waals surface area contributed by atoms with E-state index in [0.29, 0.717) is 21.0 Å². The summed E-state index contributed by atoms with van der Waals surface area (Å²) < 4.78 is 10.9. The highest BCUT2D eigenvalue weighted by atomic mass is 32.2. The zero-order valence-corrected chi connectivity index (χ0v) is 18.0. The molecule has 0 saturated heterocycles. The average molecular weight is 436 g/mol. The van der Waals surface area contributed by atoms with E-state index in [0.717, 1.165) is 0 Å². The predicted octanol–water partition coefficient (Wildman–Crippen LogP) is 3.78. The summed E-state index contributed by atoms with van der Waals surface area (Å²) in [5.41, 5.74) is 0.0977. The lowest BCUT2D eigenvalue weighted by Gasteiger charge is -2.30. The zero-order chi connectivity index (χ0) is 21.0. The second kappa shape index (κ2) is 9.23. The quantitative estimate of drug-likeness (QED) is 0.420. The van der Waals surface area contributed by atoms with Gasteiger partial charge in [0, 0.05) is 18.2 Å². The largest absolute Gasteiger partial charge is 0.461 e. The Balaban J connectivity index is 1.56. The zero-order valence-electron chi connectivity index (χ0n) is 16.4. The van der Waals surface area contributed by atoms with E-state index in [2.05, 4.69) is 20.7 Å². The first-order valence-corrected chi connectivity index (χ1v) is 10.7. The highest BCUT2D eigenvalue weighted by molar-refractivity contribution is 8.01. The fourth-order valence-electron chi connectivity index (χ4n) is 2.77. The molecule has 0 aliphatic rings. The third-order valence-corrected chi connectivity index (χ3v) is 5.81. The number of aromatic nitrogens is 3. The van der Waals surface area contributed by atoms with Crippen molar-refractivity contribution in [2.45, 2.75) is 44.1 Å². The predicted molar refractivity (Wildman–Crippen MR) is 110 cm³/mol. The minimum atomic E-state index is -0.471. The lowest BCUT2D eigenvalue weighted by molar-refractivity contribution is -0.131. The van der Waals surface area contributed by atoms with Crippen LogP contribution in [0.5, 0.6) is 0 Å². The molecule has 3 heterocycles. The maximum Gasteiger partial charge on any atom is 0.279 e. The van der Waals surface area contributed by atoms with Gasteiger partial charge < -0.3 is 13.8 Å². The molecule has 0 aliphatic carbocycles. The lowest BCUT2D eigenvalue weighted by Crippen LogP contribution is -2.43. The Morgan fingerprint density at radius 2 is 1.97 bits per heavy atom. The van der Waals surface area contributed by atoms with Crippen molar-refractivity contribution in [3.8, 4) is 11.5 Å². The minimum absolute atomic E-state index is 0.0360. The molecule has 9 nitrogen and oxygen atoms in total. The Labute approximate surface area is 175 Å². The van der Waals surface area contributed by atoms with Gasteiger partial charge in [-0.25, -0.2) is 0 Å². The molecule has 0 atom stereocenters. The van der Waals surface area contributed by atoms with Crippen LogP contribution in [-0.4, -0.2) is 49.9 Å². The molecular weight excluding hydrogens is 414 g/mol. The summed E-state index contributed by atoms with van der Waals surface area (Å²) in [5.74, 6) is 0.656. The summed E-state index contributed by atoms with van der Waals surface area (Å²) in [6.07, 6.45) is 1.50. The maximum absolute atomic E-state index is 12.4. The van der Waals surface area contributed by atoms with Crippen molar-refractivity contribution in [3.05, 3.63) is 30.2 Å². The van der Waals surface area contributed by atoms with Crippen LogP contribution in [0.15, 0.2) is 37.7 Å². The van der Waals surface area contributed by atoms with E-state index in [1.54, 1.807) is 12.1 Å². The van der Waals surface area contributed by atoms with Gasteiger partial charge >= 0.3 is 0 Å². The van der Waals surface area contributed by atoms with Gasteiger partial charge in [-0.3, -0.25) is 14.9 Å². The van der Waals surface area contributed by atoms with Gasteiger partial charge in [0.15, 0.2) is 15.8 Å². The molecule has 1 N–H and O–H groups in total. The Morgan fingerprint density at radius 1 is 1.21 bits per heavy atom. The molecule has 0 unspecified atom stereocenters. The van der Waals surface area contributed by atoms with Crippen molar-refractivity contribution in [2.24, 2.45) is 0 Å². The third-order valence-electron chi connectivity index (χ3n) is 3.85. The molecule has 2 amide bonds. The summed E-state index contributed by atoms with van der Waals surface area (Å²) in [4.78, 5) is 26.6. The first-order valence-electron chi connectivity index (χ1n) is 8.94. The number of carbonyl (C=O) groups excluding carboxylic acids is 2. The van der Waals surface area contributed by atoms with E-state index in [-0.39, 0.29) is 29.4 Å². The van der Waals surface area contributed by atoms with E-state index in [1.807, 2.05) is 32.6 Å². The number of nitrogens with zero attached hydrogens (tertiary/aromatic N) is 4. The second-order valence-corrected chi connectivity index (χ2v) is 8.86. The van der Waals surface area contributed by atoms with E-state index >= 15 is 0 Å². The van der Waals surface area contributed by atoms with Crippen LogP contribution < -0.4 is 5.32 Å². The highest BCUT2D eigenvalue weighted by Crippen LogP contribution is 2.27. The van der Waals surface area contributed by atoms with Gasteiger partial charge in [0.25, 0.3) is 5.91 Å². The van der Waals surface area contributed by atoms with Crippen molar-refractivity contribution in [2.75, 3.05) is 11.1 Å². The van der Waals surface area contributed by atoms with E-state index in [1.165, 1.54) is 35.4 Å². The van der Waals surface area contributed by atoms with Crippen molar-refractivity contribution in [1.82, 2.24) is 20.3 Å². The van der Waals surface area contributed by atoms with Crippen molar-refractivity contribution in [1.29, 1.82) is 0 Å². The van der Waals surface area contributed by atoms with Gasteiger partial charge in [0.1, 0.15) is 0 Å².